The Morgan fingerprint density at radius 1 is 0.589 bits per heavy atom. The summed E-state index contributed by atoms with van der Waals surface area (Å²) in [4.78, 5) is 59.5. The SMILES string of the molecule is CCC(=O)c1cc(C(=O)NC2[C@H]3CC(O)C[C@@H]23)cc([C@@H](C)c2ccccc2)n1.CCC(=O)c1cc(C(=O)NC2[C@H]3CC(O)C[C@@H]23)cc([C@@H](C)c2ccccc2)n1. The van der Waals surface area contributed by atoms with Crippen LogP contribution in [0.25, 0.3) is 0 Å². The number of carbonyl (C=O) groups is 4. The molecular weight excluding hydrogens is 705 g/mol. The largest absolute Gasteiger partial charge is 0.393 e. The van der Waals surface area contributed by atoms with E-state index in [1.54, 1.807) is 38.1 Å². The van der Waals surface area contributed by atoms with Gasteiger partial charge in [0.25, 0.3) is 11.8 Å². The van der Waals surface area contributed by atoms with Crippen molar-refractivity contribution in [2.24, 2.45) is 23.7 Å². The summed E-state index contributed by atoms with van der Waals surface area (Å²) in [6.07, 6.45) is 3.31. The number of hydrogen-bond donors (Lipinski definition) is 4. The van der Waals surface area contributed by atoms with E-state index in [-0.39, 0.29) is 59.5 Å². The normalized spacial score (nSPS) is 26.4. The summed E-state index contributed by atoms with van der Waals surface area (Å²) in [6, 6.07) is 27.0. The van der Waals surface area contributed by atoms with Gasteiger partial charge in [0, 0.05) is 59.3 Å². The van der Waals surface area contributed by atoms with Crippen LogP contribution in [0, 0.1) is 23.7 Å². The molecule has 2 amide bonds. The minimum atomic E-state index is -0.226. The molecule has 2 heterocycles. The Labute approximate surface area is 328 Å². The Balaban J connectivity index is 0.000000172. The van der Waals surface area contributed by atoms with Crippen molar-refractivity contribution in [2.75, 3.05) is 0 Å². The van der Waals surface area contributed by atoms with Gasteiger partial charge in [0.1, 0.15) is 11.4 Å². The van der Waals surface area contributed by atoms with Gasteiger partial charge in [0.15, 0.2) is 11.6 Å². The van der Waals surface area contributed by atoms with Crippen LogP contribution in [0.3, 0.4) is 0 Å². The molecule has 4 fully saturated rings. The van der Waals surface area contributed by atoms with Crippen LogP contribution in [0.1, 0.15) is 142 Å². The van der Waals surface area contributed by atoms with E-state index in [0.29, 0.717) is 59.0 Å². The van der Waals surface area contributed by atoms with Crippen LogP contribution < -0.4 is 10.6 Å². The molecule has 10 nitrogen and oxygen atoms in total. The average molecular weight is 757 g/mol. The van der Waals surface area contributed by atoms with Crippen molar-refractivity contribution in [3.05, 3.63) is 130 Å². The summed E-state index contributed by atoms with van der Waals surface area (Å²) < 4.78 is 0. The average Bonchev–Trinajstić information content (AvgIpc) is 3.88. The molecule has 0 aliphatic heterocycles. The third-order valence-corrected chi connectivity index (χ3v) is 12.4. The lowest BCUT2D eigenvalue weighted by molar-refractivity contribution is 0.0928. The molecule has 2 aromatic carbocycles. The Kier molecular flexibility index (Phi) is 11.6. The monoisotopic (exact) mass is 756 g/mol. The summed E-state index contributed by atoms with van der Waals surface area (Å²) >= 11 is 0. The molecule has 0 spiro atoms. The highest BCUT2D eigenvalue weighted by atomic mass is 16.3. The molecule has 0 saturated heterocycles. The van der Waals surface area contributed by atoms with Gasteiger partial charge in [-0.25, -0.2) is 9.97 Å². The summed E-state index contributed by atoms with van der Waals surface area (Å²) in [7, 11) is 0. The fourth-order valence-corrected chi connectivity index (χ4v) is 8.80. The first-order valence-electron chi connectivity index (χ1n) is 20.1. The Bertz CT molecular complexity index is 1920. The molecule has 0 radical (unpaired) electrons. The summed E-state index contributed by atoms with van der Waals surface area (Å²) in [5.41, 5.74) is 5.29. The molecule has 0 bridgehead atoms. The van der Waals surface area contributed by atoms with Gasteiger partial charge < -0.3 is 20.8 Å². The van der Waals surface area contributed by atoms with E-state index in [9.17, 15) is 29.4 Å². The van der Waals surface area contributed by atoms with Crippen LogP contribution in [-0.4, -0.2) is 67.9 Å². The number of fused-ring (bicyclic) bond motifs is 2. The standard InChI is InChI=1S/2C23H26N2O3/c2*1-3-21(27)20-10-15(23(28)25-22-17-11-16(26)12-18(17)22)9-19(24-20)13(2)14-7-5-4-6-8-14/h2*4-10,13,16-18,22,26H,3,11-12H2,1-2H3,(H,25,28)/t2*13-,16?,17-,18+,22?/m00/s1. The van der Waals surface area contributed by atoms with E-state index in [0.717, 1.165) is 48.2 Å². The molecule has 292 valence electrons. The van der Waals surface area contributed by atoms with Gasteiger partial charge >= 0.3 is 0 Å². The highest BCUT2D eigenvalue weighted by Gasteiger charge is 2.57. The van der Waals surface area contributed by atoms with Crippen molar-refractivity contribution < 1.29 is 29.4 Å². The molecule has 10 atom stereocenters. The first kappa shape index (κ1) is 39.2. The highest BCUT2D eigenvalue weighted by Crippen LogP contribution is 2.53. The second kappa shape index (κ2) is 16.6. The first-order valence-corrected chi connectivity index (χ1v) is 20.1. The lowest BCUT2D eigenvalue weighted by atomic mass is 9.95. The fourth-order valence-electron chi connectivity index (χ4n) is 8.80. The zero-order valence-electron chi connectivity index (χ0n) is 32.5. The quantitative estimate of drug-likeness (QED) is 0.117. The third-order valence-electron chi connectivity index (χ3n) is 12.4. The molecule has 2 aromatic heterocycles. The molecule has 4 saturated carbocycles. The number of nitrogens with zero attached hydrogens (tertiary/aromatic N) is 2. The number of pyridine rings is 2. The summed E-state index contributed by atoms with van der Waals surface area (Å²) in [5, 5.41) is 25.5. The minimum absolute atomic E-state index is 0.0205. The zero-order chi connectivity index (χ0) is 39.7. The number of aromatic nitrogens is 2. The Morgan fingerprint density at radius 2 is 0.929 bits per heavy atom. The molecule has 4 aromatic rings. The van der Waals surface area contributed by atoms with Gasteiger partial charge in [-0.05, 0) is 84.7 Å². The van der Waals surface area contributed by atoms with Crippen LogP contribution in [0.5, 0.6) is 0 Å². The minimum Gasteiger partial charge on any atom is -0.393 e. The van der Waals surface area contributed by atoms with Gasteiger partial charge in [-0.3, -0.25) is 19.2 Å². The lowest BCUT2D eigenvalue weighted by Gasteiger charge is -2.15. The molecule has 4 N–H and O–H groups in total. The zero-order valence-corrected chi connectivity index (χ0v) is 32.5. The van der Waals surface area contributed by atoms with E-state index in [1.165, 1.54) is 0 Å². The molecule has 4 aliphatic carbocycles. The van der Waals surface area contributed by atoms with Crippen LogP contribution >= 0.6 is 0 Å². The highest BCUT2D eigenvalue weighted by molar-refractivity contribution is 6.00. The van der Waals surface area contributed by atoms with Crippen LogP contribution in [0.15, 0.2) is 84.9 Å². The third kappa shape index (κ3) is 8.51. The van der Waals surface area contributed by atoms with Crippen molar-refractivity contribution in [2.45, 2.75) is 102 Å². The number of nitrogens with one attached hydrogen (secondary N) is 2. The number of Topliss-reactive ketones (excluding diaryl/α,β-unsaturated/α-hetero) is 2. The van der Waals surface area contributed by atoms with E-state index in [2.05, 4.69) is 20.6 Å². The molecule has 10 heteroatoms. The van der Waals surface area contributed by atoms with E-state index in [1.807, 2.05) is 74.5 Å². The fraction of sp³-hybridized carbons (Fsp3) is 0.435. The van der Waals surface area contributed by atoms with Crippen molar-refractivity contribution in [3.8, 4) is 0 Å². The Morgan fingerprint density at radius 3 is 1.25 bits per heavy atom. The maximum absolute atomic E-state index is 12.9. The van der Waals surface area contributed by atoms with Crippen LogP contribution in [0.2, 0.25) is 0 Å². The van der Waals surface area contributed by atoms with Gasteiger partial charge in [-0.15, -0.1) is 0 Å². The number of hydrogen-bond acceptors (Lipinski definition) is 8. The second-order valence-corrected chi connectivity index (χ2v) is 16.1. The second-order valence-electron chi connectivity index (χ2n) is 16.1. The number of ketones is 2. The lowest BCUT2D eigenvalue weighted by Crippen LogP contribution is -2.30. The predicted molar refractivity (Wildman–Crippen MR) is 213 cm³/mol. The van der Waals surface area contributed by atoms with E-state index in [4.69, 9.17) is 0 Å². The number of aliphatic hydroxyl groups is 2. The predicted octanol–water partition coefficient (Wildman–Crippen LogP) is 6.65. The van der Waals surface area contributed by atoms with Crippen molar-refractivity contribution in [1.29, 1.82) is 0 Å². The molecule has 4 unspecified atom stereocenters. The summed E-state index contributed by atoms with van der Waals surface area (Å²) in [6.45, 7) is 7.67. The smallest absolute Gasteiger partial charge is 0.251 e. The molecule has 56 heavy (non-hydrogen) atoms. The van der Waals surface area contributed by atoms with Crippen LogP contribution in [0.4, 0.5) is 0 Å². The number of benzene rings is 2. The number of amides is 2. The van der Waals surface area contributed by atoms with Gasteiger partial charge in [0.2, 0.25) is 0 Å². The number of aliphatic hydroxyl groups excluding tert-OH is 2. The van der Waals surface area contributed by atoms with Crippen molar-refractivity contribution in [3.63, 3.8) is 0 Å². The molecular formula is C46H52N4O6. The van der Waals surface area contributed by atoms with Gasteiger partial charge in [-0.1, -0.05) is 88.4 Å². The Hall–Kier alpha value is -5.06. The van der Waals surface area contributed by atoms with Crippen molar-refractivity contribution in [1.82, 2.24) is 20.6 Å². The molecule has 8 rings (SSSR count). The molecule has 4 aliphatic rings. The van der Waals surface area contributed by atoms with Gasteiger partial charge in [-0.2, -0.15) is 0 Å². The maximum atomic E-state index is 12.9. The topological polar surface area (TPSA) is 159 Å². The van der Waals surface area contributed by atoms with Gasteiger partial charge in [0.05, 0.1) is 12.2 Å². The van der Waals surface area contributed by atoms with E-state index >= 15 is 0 Å². The van der Waals surface area contributed by atoms with E-state index < -0.39 is 0 Å². The summed E-state index contributed by atoms with van der Waals surface area (Å²) in [5.74, 6) is 1.05. The van der Waals surface area contributed by atoms with Crippen LogP contribution in [-0.2, 0) is 0 Å². The number of rotatable bonds is 12. The first-order chi connectivity index (χ1) is 26.9. The van der Waals surface area contributed by atoms with Crippen molar-refractivity contribution >= 4 is 23.4 Å². The number of carbonyl (C=O) groups excluding carboxylic acids is 4. The maximum Gasteiger partial charge on any atom is 0.251 e.